The van der Waals surface area contributed by atoms with Crippen LogP contribution in [0.5, 0.6) is 0 Å². The number of rotatable bonds is 5. The molecule has 3 aromatic carbocycles. The monoisotopic (exact) mass is 364 g/mol. The van der Waals surface area contributed by atoms with Gasteiger partial charge in [-0.1, -0.05) is 41.9 Å². The fourth-order valence-electron chi connectivity index (χ4n) is 2.37. The molecule has 0 unspecified atom stereocenters. The average molecular weight is 365 g/mol. The van der Waals surface area contributed by atoms with Gasteiger partial charge in [0.1, 0.15) is 0 Å². The largest absolute Gasteiger partial charge is 0.289 e. The van der Waals surface area contributed by atoms with Crippen LogP contribution in [0.3, 0.4) is 0 Å². The van der Waals surface area contributed by atoms with Crippen molar-refractivity contribution in [3.8, 4) is 0 Å². The van der Waals surface area contributed by atoms with Gasteiger partial charge >= 0.3 is 0 Å². The molecule has 0 aliphatic heterocycles. The van der Waals surface area contributed by atoms with Crippen molar-refractivity contribution >= 4 is 35.0 Å². The van der Waals surface area contributed by atoms with Crippen molar-refractivity contribution in [2.45, 2.75) is 0 Å². The van der Waals surface area contributed by atoms with E-state index in [9.17, 15) is 14.9 Å². The Kier molecular flexibility index (Phi) is 5.20. The van der Waals surface area contributed by atoms with Crippen molar-refractivity contribution < 1.29 is 9.72 Å². The van der Waals surface area contributed by atoms with Crippen LogP contribution in [0, 0.1) is 10.1 Å². The Labute approximate surface area is 154 Å². The molecule has 128 valence electrons. The lowest BCUT2D eigenvalue weighted by molar-refractivity contribution is -0.384. The summed E-state index contributed by atoms with van der Waals surface area (Å²) in [5.41, 5.74) is 2.10. The quantitative estimate of drug-likeness (QED) is 0.269. The number of carbonyl (C=O) groups excluding carboxylic acids is 1. The zero-order valence-corrected chi connectivity index (χ0v) is 14.3. The molecule has 26 heavy (non-hydrogen) atoms. The standard InChI is InChI=1S/C20H13ClN2O3/c21-16-8-11-19(18(12-16)20(24)15-4-2-1-3-5-15)22-13-14-6-9-17(10-7-14)23(25)26/h1-13H. The zero-order chi connectivity index (χ0) is 18.5. The molecule has 0 amide bonds. The van der Waals surface area contributed by atoms with E-state index in [1.165, 1.54) is 12.1 Å². The van der Waals surface area contributed by atoms with E-state index in [0.717, 1.165) is 0 Å². The predicted octanol–water partition coefficient (Wildman–Crippen LogP) is 5.23. The number of aliphatic imine (C=N–C) groups is 1. The lowest BCUT2D eigenvalue weighted by Crippen LogP contribution is -2.01. The molecule has 0 aliphatic carbocycles. The van der Waals surface area contributed by atoms with Crippen LogP contribution in [-0.2, 0) is 0 Å². The summed E-state index contributed by atoms with van der Waals surface area (Å²) >= 11 is 6.04. The molecule has 0 radical (unpaired) electrons. The van der Waals surface area contributed by atoms with Crippen LogP contribution >= 0.6 is 11.6 Å². The van der Waals surface area contributed by atoms with Gasteiger partial charge < -0.3 is 0 Å². The molecular weight excluding hydrogens is 352 g/mol. The molecule has 0 spiro atoms. The van der Waals surface area contributed by atoms with E-state index >= 15 is 0 Å². The van der Waals surface area contributed by atoms with Gasteiger partial charge in [-0.15, -0.1) is 0 Å². The number of nitrogens with zero attached hydrogens (tertiary/aromatic N) is 2. The van der Waals surface area contributed by atoms with E-state index in [0.29, 0.717) is 27.4 Å². The van der Waals surface area contributed by atoms with Gasteiger partial charge in [0.2, 0.25) is 0 Å². The molecular formula is C20H13ClN2O3. The number of hydrogen-bond acceptors (Lipinski definition) is 4. The number of nitro benzene ring substituents is 1. The maximum atomic E-state index is 12.7. The summed E-state index contributed by atoms with van der Waals surface area (Å²) in [6, 6.07) is 19.8. The third-order valence-corrected chi connectivity index (χ3v) is 3.93. The first-order chi connectivity index (χ1) is 12.5. The highest BCUT2D eigenvalue weighted by atomic mass is 35.5. The smallest absolute Gasteiger partial charge is 0.269 e. The lowest BCUT2D eigenvalue weighted by Gasteiger charge is -2.06. The highest BCUT2D eigenvalue weighted by Crippen LogP contribution is 2.26. The summed E-state index contributed by atoms with van der Waals surface area (Å²) in [7, 11) is 0. The van der Waals surface area contributed by atoms with Crippen LogP contribution in [-0.4, -0.2) is 16.9 Å². The van der Waals surface area contributed by atoms with Crippen molar-refractivity contribution in [3.63, 3.8) is 0 Å². The summed E-state index contributed by atoms with van der Waals surface area (Å²) in [5.74, 6) is -0.177. The van der Waals surface area contributed by atoms with Gasteiger partial charge in [0, 0.05) is 34.5 Å². The zero-order valence-electron chi connectivity index (χ0n) is 13.5. The minimum atomic E-state index is -0.462. The maximum absolute atomic E-state index is 12.7. The Balaban J connectivity index is 1.93. The first kappa shape index (κ1) is 17.5. The Bertz CT molecular complexity index is 984. The van der Waals surface area contributed by atoms with Crippen LogP contribution in [0.4, 0.5) is 11.4 Å². The van der Waals surface area contributed by atoms with E-state index in [1.54, 1.807) is 60.8 Å². The molecule has 5 nitrogen and oxygen atoms in total. The van der Waals surface area contributed by atoms with Crippen molar-refractivity contribution in [2.24, 2.45) is 4.99 Å². The minimum Gasteiger partial charge on any atom is -0.289 e. The van der Waals surface area contributed by atoms with Gasteiger partial charge in [-0.25, -0.2) is 0 Å². The Hall–Kier alpha value is -3.31. The Morgan fingerprint density at radius 1 is 1.00 bits per heavy atom. The highest BCUT2D eigenvalue weighted by molar-refractivity contribution is 6.31. The SMILES string of the molecule is O=C(c1ccccc1)c1cc(Cl)ccc1N=Cc1ccc([N+](=O)[O-])cc1. The second-order valence-electron chi connectivity index (χ2n) is 5.46. The van der Waals surface area contributed by atoms with Crippen LogP contribution in [0.2, 0.25) is 5.02 Å². The summed E-state index contributed by atoms with van der Waals surface area (Å²) in [5, 5.41) is 11.1. The predicted molar refractivity (Wildman–Crippen MR) is 102 cm³/mol. The highest BCUT2D eigenvalue weighted by Gasteiger charge is 2.13. The number of hydrogen-bond donors (Lipinski definition) is 0. The second kappa shape index (κ2) is 7.72. The van der Waals surface area contributed by atoms with Crippen molar-refractivity contribution in [2.75, 3.05) is 0 Å². The average Bonchev–Trinajstić information content (AvgIpc) is 2.67. The molecule has 3 rings (SSSR count). The first-order valence-corrected chi connectivity index (χ1v) is 8.10. The van der Waals surface area contributed by atoms with Gasteiger partial charge in [-0.05, 0) is 35.9 Å². The number of halogens is 1. The summed E-state index contributed by atoms with van der Waals surface area (Å²) in [6.07, 6.45) is 1.55. The molecule has 0 N–H and O–H groups in total. The Morgan fingerprint density at radius 2 is 1.69 bits per heavy atom. The number of ketones is 1. The van der Waals surface area contributed by atoms with Crippen molar-refractivity contribution in [1.29, 1.82) is 0 Å². The van der Waals surface area contributed by atoms with E-state index < -0.39 is 4.92 Å². The fourth-order valence-corrected chi connectivity index (χ4v) is 2.55. The van der Waals surface area contributed by atoms with Crippen LogP contribution < -0.4 is 0 Å². The molecule has 3 aromatic rings. The number of non-ortho nitro benzene ring substituents is 1. The third kappa shape index (κ3) is 4.02. The van der Waals surface area contributed by atoms with Crippen molar-refractivity contribution in [1.82, 2.24) is 0 Å². The molecule has 0 atom stereocenters. The lowest BCUT2D eigenvalue weighted by atomic mass is 10.0. The number of carbonyl (C=O) groups is 1. The van der Waals surface area contributed by atoms with E-state index in [4.69, 9.17) is 11.6 Å². The van der Waals surface area contributed by atoms with Gasteiger partial charge in [0.05, 0.1) is 10.6 Å². The molecule has 0 aromatic heterocycles. The normalized spacial score (nSPS) is 10.8. The third-order valence-electron chi connectivity index (χ3n) is 3.70. The molecule has 0 saturated carbocycles. The number of benzene rings is 3. The van der Waals surface area contributed by atoms with Crippen molar-refractivity contribution in [3.05, 3.63) is 105 Å². The molecule has 0 heterocycles. The van der Waals surface area contributed by atoms with E-state index in [1.807, 2.05) is 6.07 Å². The summed E-state index contributed by atoms with van der Waals surface area (Å²) in [4.78, 5) is 27.3. The van der Waals surface area contributed by atoms with E-state index in [-0.39, 0.29) is 11.5 Å². The van der Waals surface area contributed by atoms with Crippen LogP contribution in [0.1, 0.15) is 21.5 Å². The molecule has 0 saturated heterocycles. The first-order valence-electron chi connectivity index (χ1n) is 7.72. The van der Waals surface area contributed by atoms with Gasteiger partial charge in [-0.3, -0.25) is 19.9 Å². The van der Waals surface area contributed by atoms with E-state index in [2.05, 4.69) is 4.99 Å². The van der Waals surface area contributed by atoms with Gasteiger partial charge in [0.25, 0.3) is 5.69 Å². The summed E-state index contributed by atoms with van der Waals surface area (Å²) in [6.45, 7) is 0. The molecule has 0 aliphatic rings. The summed E-state index contributed by atoms with van der Waals surface area (Å²) < 4.78 is 0. The second-order valence-corrected chi connectivity index (χ2v) is 5.90. The van der Waals surface area contributed by atoms with Crippen LogP contribution in [0.25, 0.3) is 0 Å². The minimum absolute atomic E-state index is 0.00795. The molecule has 0 bridgehead atoms. The topological polar surface area (TPSA) is 72.6 Å². The fraction of sp³-hybridized carbons (Fsp3) is 0. The molecule has 6 heteroatoms. The van der Waals surface area contributed by atoms with Crippen LogP contribution in [0.15, 0.2) is 77.8 Å². The maximum Gasteiger partial charge on any atom is 0.269 e. The Morgan fingerprint density at radius 3 is 2.35 bits per heavy atom. The van der Waals surface area contributed by atoms with Gasteiger partial charge in [-0.2, -0.15) is 0 Å². The number of nitro groups is 1. The molecule has 0 fully saturated rings. The van der Waals surface area contributed by atoms with Gasteiger partial charge in [0.15, 0.2) is 5.78 Å².